The number of halogens is 1. The third kappa shape index (κ3) is 4.50. The van der Waals surface area contributed by atoms with Crippen LogP contribution in [0.1, 0.15) is 13.8 Å². The summed E-state index contributed by atoms with van der Waals surface area (Å²) in [4.78, 5) is 10.5. The molecule has 0 rings (SSSR count). The monoisotopic (exact) mass is 162 g/mol. The highest BCUT2D eigenvalue weighted by atomic mass is 19.1. The minimum absolute atomic E-state index is 0.410. The summed E-state index contributed by atoms with van der Waals surface area (Å²) in [5.74, 6) is -2.19. The highest BCUT2D eigenvalue weighted by Crippen LogP contribution is 2.00. The Bertz CT molecular complexity index is 156. The van der Waals surface area contributed by atoms with E-state index in [1.54, 1.807) is 6.92 Å². The maximum Gasteiger partial charge on any atom is 0.368 e. The van der Waals surface area contributed by atoms with Crippen molar-refractivity contribution in [1.29, 1.82) is 0 Å². The molecule has 0 aromatic heterocycles. The van der Waals surface area contributed by atoms with Gasteiger partial charge in [-0.05, 0) is 13.8 Å². The zero-order chi connectivity index (χ0) is 8.85. The summed E-state index contributed by atoms with van der Waals surface area (Å²) in [6.07, 6.45) is -0.722. The van der Waals surface area contributed by atoms with Gasteiger partial charge in [-0.2, -0.15) is 4.39 Å². The van der Waals surface area contributed by atoms with E-state index < -0.39 is 18.1 Å². The van der Waals surface area contributed by atoms with Crippen molar-refractivity contribution in [1.82, 2.24) is 0 Å². The third-order valence-electron chi connectivity index (χ3n) is 0.896. The van der Waals surface area contributed by atoms with Crippen LogP contribution in [0.2, 0.25) is 0 Å². The molecule has 0 fully saturated rings. The Hall–Kier alpha value is -0.900. The molecule has 0 saturated heterocycles. The molecule has 1 unspecified atom stereocenters. The Morgan fingerprint density at radius 2 is 2.27 bits per heavy atom. The number of rotatable bonds is 4. The smallest absolute Gasteiger partial charge is 0.368 e. The number of ether oxygens (including phenoxy) is 2. The fourth-order valence-corrected chi connectivity index (χ4v) is 0.483. The molecule has 1 atom stereocenters. The largest absolute Gasteiger partial charge is 0.431 e. The predicted molar refractivity (Wildman–Crippen MR) is 37.4 cm³/mol. The number of carbonyl (C=O) groups excluding carboxylic acids is 1. The average molecular weight is 162 g/mol. The van der Waals surface area contributed by atoms with E-state index in [2.05, 4.69) is 11.3 Å². The summed E-state index contributed by atoms with van der Waals surface area (Å²) in [5, 5.41) is 0. The minimum atomic E-state index is -1.11. The van der Waals surface area contributed by atoms with E-state index in [9.17, 15) is 9.18 Å². The van der Waals surface area contributed by atoms with E-state index in [1.807, 2.05) is 0 Å². The normalized spacial score (nSPS) is 12.3. The SMILES string of the molecule is C=C(F)C(=O)OC(C)OCC. The fraction of sp³-hybridized carbons (Fsp3) is 0.571. The zero-order valence-corrected chi connectivity index (χ0v) is 6.59. The molecule has 0 spiro atoms. The first-order chi connectivity index (χ1) is 5.07. The van der Waals surface area contributed by atoms with Crippen LogP contribution in [0.15, 0.2) is 12.4 Å². The highest BCUT2D eigenvalue weighted by Gasteiger charge is 2.11. The molecule has 0 aromatic carbocycles. The van der Waals surface area contributed by atoms with E-state index in [-0.39, 0.29) is 0 Å². The van der Waals surface area contributed by atoms with Crippen molar-refractivity contribution in [3.8, 4) is 0 Å². The molecule has 64 valence electrons. The van der Waals surface area contributed by atoms with Gasteiger partial charge in [0.15, 0.2) is 0 Å². The summed E-state index contributed by atoms with van der Waals surface area (Å²) >= 11 is 0. The standard InChI is InChI=1S/C7H11FO3/c1-4-10-6(3)11-7(9)5(2)8/h6H,2,4H2,1,3H3. The second-order valence-corrected chi connectivity index (χ2v) is 1.83. The van der Waals surface area contributed by atoms with E-state index >= 15 is 0 Å². The van der Waals surface area contributed by atoms with Gasteiger partial charge < -0.3 is 9.47 Å². The van der Waals surface area contributed by atoms with Crippen LogP contribution in [-0.2, 0) is 14.3 Å². The molecule has 0 aliphatic heterocycles. The second kappa shape index (κ2) is 4.85. The third-order valence-corrected chi connectivity index (χ3v) is 0.896. The van der Waals surface area contributed by atoms with Gasteiger partial charge in [0.1, 0.15) is 0 Å². The Balaban J connectivity index is 3.66. The molecule has 0 heterocycles. The molecule has 0 saturated carbocycles. The fourth-order valence-electron chi connectivity index (χ4n) is 0.483. The number of carbonyl (C=O) groups is 1. The molecule has 4 heteroatoms. The van der Waals surface area contributed by atoms with Gasteiger partial charge in [0.25, 0.3) is 0 Å². The molecular formula is C7H11FO3. The van der Waals surface area contributed by atoms with Crippen molar-refractivity contribution in [2.75, 3.05) is 6.61 Å². The summed E-state index contributed by atoms with van der Waals surface area (Å²) in [6, 6.07) is 0. The van der Waals surface area contributed by atoms with Crippen molar-refractivity contribution in [3.05, 3.63) is 12.4 Å². The Kier molecular flexibility index (Phi) is 4.45. The van der Waals surface area contributed by atoms with Gasteiger partial charge in [-0.3, -0.25) is 0 Å². The predicted octanol–water partition coefficient (Wildman–Crippen LogP) is 1.40. The number of esters is 1. The van der Waals surface area contributed by atoms with Crippen molar-refractivity contribution < 1.29 is 18.7 Å². The van der Waals surface area contributed by atoms with Crippen LogP contribution < -0.4 is 0 Å². The van der Waals surface area contributed by atoms with Crippen molar-refractivity contribution in [2.24, 2.45) is 0 Å². The maximum absolute atomic E-state index is 12.0. The maximum atomic E-state index is 12.0. The molecule has 0 aromatic rings. The van der Waals surface area contributed by atoms with E-state index in [4.69, 9.17) is 4.74 Å². The van der Waals surface area contributed by atoms with Gasteiger partial charge >= 0.3 is 5.97 Å². The van der Waals surface area contributed by atoms with E-state index in [0.717, 1.165) is 0 Å². The van der Waals surface area contributed by atoms with E-state index in [0.29, 0.717) is 6.61 Å². The van der Waals surface area contributed by atoms with Gasteiger partial charge in [0.05, 0.1) is 0 Å². The Morgan fingerprint density at radius 3 is 2.64 bits per heavy atom. The zero-order valence-electron chi connectivity index (χ0n) is 6.59. The Morgan fingerprint density at radius 1 is 1.73 bits per heavy atom. The molecule has 0 radical (unpaired) electrons. The van der Waals surface area contributed by atoms with Gasteiger partial charge in [-0.1, -0.05) is 6.58 Å². The lowest BCUT2D eigenvalue weighted by molar-refractivity contribution is -0.170. The topological polar surface area (TPSA) is 35.5 Å². The van der Waals surface area contributed by atoms with Gasteiger partial charge in [-0.25, -0.2) is 4.79 Å². The summed E-state index contributed by atoms with van der Waals surface area (Å²) in [6.45, 7) is 6.43. The molecule has 11 heavy (non-hydrogen) atoms. The minimum Gasteiger partial charge on any atom is -0.431 e. The van der Waals surface area contributed by atoms with Crippen LogP contribution >= 0.6 is 0 Å². The van der Waals surface area contributed by atoms with Crippen molar-refractivity contribution in [3.63, 3.8) is 0 Å². The van der Waals surface area contributed by atoms with Gasteiger partial charge in [-0.15, -0.1) is 0 Å². The molecular weight excluding hydrogens is 151 g/mol. The molecule has 0 N–H and O–H groups in total. The molecule has 0 aliphatic carbocycles. The number of hydrogen-bond acceptors (Lipinski definition) is 3. The quantitative estimate of drug-likeness (QED) is 0.356. The van der Waals surface area contributed by atoms with Gasteiger partial charge in [0, 0.05) is 6.61 Å². The highest BCUT2D eigenvalue weighted by molar-refractivity contribution is 5.85. The van der Waals surface area contributed by atoms with Crippen LogP contribution in [0.5, 0.6) is 0 Å². The Labute approximate surface area is 64.8 Å². The first kappa shape index (κ1) is 10.1. The summed E-state index contributed by atoms with van der Waals surface area (Å²) < 4.78 is 21.2. The first-order valence-corrected chi connectivity index (χ1v) is 3.25. The van der Waals surface area contributed by atoms with Crippen LogP contribution in [0.4, 0.5) is 4.39 Å². The first-order valence-electron chi connectivity index (χ1n) is 3.25. The van der Waals surface area contributed by atoms with Gasteiger partial charge in [0.2, 0.25) is 12.1 Å². The summed E-state index contributed by atoms with van der Waals surface area (Å²) in [5.41, 5.74) is 0. The van der Waals surface area contributed by atoms with Crippen LogP contribution in [0, 0.1) is 0 Å². The lowest BCUT2D eigenvalue weighted by Crippen LogP contribution is -2.17. The molecule has 0 bridgehead atoms. The molecule has 0 amide bonds. The summed E-state index contributed by atoms with van der Waals surface area (Å²) in [7, 11) is 0. The van der Waals surface area contributed by atoms with Crippen LogP contribution in [0.25, 0.3) is 0 Å². The molecule has 3 nitrogen and oxygen atoms in total. The second-order valence-electron chi connectivity index (χ2n) is 1.83. The lowest BCUT2D eigenvalue weighted by Gasteiger charge is -2.10. The average Bonchev–Trinajstić information content (AvgIpc) is 1.87. The van der Waals surface area contributed by atoms with Crippen LogP contribution in [-0.4, -0.2) is 18.9 Å². The molecule has 0 aliphatic rings. The van der Waals surface area contributed by atoms with Crippen LogP contribution in [0.3, 0.4) is 0 Å². The van der Waals surface area contributed by atoms with Crippen molar-refractivity contribution >= 4 is 5.97 Å². The number of hydrogen-bond donors (Lipinski definition) is 0. The van der Waals surface area contributed by atoms with Crippen molar-refractivity contribution in [2.45, 2.75) is 20.1 Å². The lowest BCUT2D eigenvalue weighted by atomic mass is 10.6. The van der Waals surface area contributed by atoms with E-state index in [1.165, 1.54) is 6.92 Å².